The molecular weight excluding hydrogens is 290 g/mol. The molecule has 0 bridgehead atoms. The van der Waals surface area contributed by atoms with Crippen LogP contribution in [0.5, 0.6) is 0 Å². The quantitative estimate of drug-likeness (QED) is 0.796. The van der Waals surface area contributed by atoms with Crippen molar-refractivity contribution < 1.29 is 35.9 Å². The van der Waals surface area contributed by atoms with Gasteiger partial charge in [-0.3, -0.25) is 4.79 Å². The summed E-state index contributed by atoms with van der Waals surface area (Å²) >= 11 is 0. The van der Waals surface area contributed by atoms with Crippen LogP contribution in [0.25, 0.3) is 0 Å². The zero-order chi connectivity index (χ0) is 15.6. The van der Waals surface area contributed by atoms with Crippen molar-refractivity contribution in [3.63, 3.8) is 0 Å². The van der Waals surface area contributed by atoms with Crippen molar-refractivity contribution in [3.8, 4) is 0 Å². The average Bonchev–Trinajstić information content (AvgIpc) is 2.26. The highest BCUT2D eigenvalue weighted by molar-refractivity contribution is 5.82. The Hall–Kier alpha value is -1.57. The van der Waals surface area contributed by atoms with E-state index < -0.39 is 35.7 Å². The molecule has 0 aliphatic rings. The summed E-state index contributed by atoms with van der Waals surface area (Å²) in [4.78, 5) is 11.2. The molecule has 0 atom stereocenters. The number of carbonyl (C=O) groups excluding carboxylic acids is 1. The first kappa shape index (κ1) is 16.5. The molecule has 0 heterocycles. The van der Waals surface area contributed by atoms with Gasteiger partial charge in [0.05, 0.1) is 11.1 Å². The van der Waals surface area contributed by atoms with Crippen molar-refractivity contribution in [2.45, 2.75) is 18.8 Å². The Kier molecular flexibility index (Phi) is 4.80. The van der Waals surface area contributed by atoms with Crippen molar-refractivity contribution in [1.29, 1.82) is 0 Å². The maximum absolute atomic E-state index is 12.5. The summed E-state index contributed by atoms with van der Waals surface area (Å²) in [6.07, 6.45) is -10.4. The van der Waals surface area contributed by atoms with E-state index in [9.17, 15) is 31.1 Å². The molecule has 0 saturated heterocycles. The Morgan fingerprint density at radius 1 is 1.00 bits per heavy atom. The monoisotopic (exact) mass is 300 g/mol. The van der Waals surface area contributed by atoms with E-state index >= 15 is 0 Å². The van der Waals surface area contributed by atoms with E-state index in [4.69, 9.17) is 0 Å². The van der Waals surface area contributed by atoms with E-state index in [1.54, 1.807) is 0 Å². The molecule has 0 N–H and O–H groups in total. The predicted molar refractivity (Wildman–Crippen MR) is 57.0 cm³/mol. The lowest BCUT2D eigenvalue weighted by molar-refractivity contribution is -0.143. The lowest BCUT2D eigenvalue weighted by atomic mass is 10.0. The van der Waals surface area contributed by atoms with Gasteiger partial charge in [0.1, 0.15) is 6.61 Å². The van der Waals surface area contributed by atoms with Crippen LogP contribution in [0, 0.1) is 0 Å². The fourth-order valence-corrected chi connectivity index (χ4v) is 1.56. The van der Waals surface area contributed by atoms with Crippen LogP contribution in [0.1, 0.15) is 16.7 Å². The van der Waals surface area contributed by atoms with Crippen LogP contribution in [-0.2, 0) is 28.3 Å². The van der Waals surface area contributed by atoms with Crippen LogP contribution >= 0.6 is 0 Å². The molecule has 1 aromatic carbocycles. The number of rotatable bonds is 4. The summed E-state index contributed by atoms with van der Waals surface area (Å²) in [6, 6.07) is 1.08. The molecule has 0 aliphatic heterocycles. The molecule has 1 rings (SSSR count). The van der Waals surface area contributed by atoms with Crippen molar-refractivity contribution in [3.05, 3.63) is 34.9 Å². The van der Waals surface area contributed by atoms with Crippen molar-refractivity contribution >= 4 is 5.78 Å². The van der Waals surface area contributed by atoms with Crippen molar-refractivity contribution in [2.75, 3.05) is 13.7 Å². The fourth-order valence-electron chi connectivity index (χ4n) is 1.56. The first-order valence-electron chi connectivity index (χ1n) is 5.33. The number of Topliss-reactive ketones (excluding diaryl/α,β-unsaturated/α-hetero) is 1. The van der Waals surface area contributed by atoms with Crippen LogP contribution in [0.15, 0.2) is 18.2 Å². The molecule has 0 fully saturated rings. The van der Waals surface area contributed by atoms with Crippen LogP contribution < -0.4 is 0 Å². The molecule has 0 spiro atoms. The number of hydrogen-bond donors (Lipinski definition) is 0. The highest BCUT2D eigenvalue weighted by Gasteiger charge is 2.36. The number of benzene rings is 1. The Labute approximate surface area is 110 Å². The topological polar surface area (TPSA) is 26.3 Å². The van der Waals surface area contributed by atoms with Gasteiger partial charge in [-0.2, -0.15) is 26.3 Å². The second-order valence-electron chi connectivity index (χ2n) is 4.06. The standard InChI is InChI=1S/C12H10F6O2/c1-20-6-10(19)4-7-2-8(11(13,14)15)5-9(3-7)12(16,17)18/h2-3,5H,4,6H2,1H3. The maximum Gasteiger partial charge on any atom is 0.416 e. The van der Waals surface area contributed by atoms with Gasteiger partial charge in [-0.15, -0.1) is 0 Å². The number of ether oxygens (including phenoxy) is 1. The summed E-state index contributed by atoms with van der Waals surface area (Å²) in [5.41, 5.74) is -3.23. The molecule has 2 nitrogen and oxygen atoms in total. The number of alkyl halides is 6. The number of methoxy groups -OCH3 is 1. The number of carbonyl (C=O) groups is 1. The highest BCUT2D eigenvalue weighted by atomic mass is 19.4. The molecular formula is C12H10F6O2. The molecule has 20 heavy (non-hydrogen) atoms. The van der Waals surface area contributed by atoms with E-state index in [-0.39, 0.29) is 18.2 Å². The van der Waals surface area contributed by atoms with Gasteiger partial charge in [0.2, 0.25) is 0 Å². The third-order valence-electron chi connectivity index (χ3n) is 2.35. The Morgan fingerprint density at radius 2 is 1.45 bits per heavy atom. The molecule has 0 unspecified atom stereocenters. The molecule has 0 aliphatic carbocycles. The maximum atomic E-state index is 12.5. The zero-order valence-electron chi connectivity index (χ0n) is 10.2. The summed E-state index contributed by atoms with van der Waals surface area (Å²) in [5.74, 6) is -0.611. The van der Waals surface area contributed by atoms with E-state index in [0.29, 0.717) is 12.1 Å². The van der Waals surface area contributed by atoms with E-state index in [0.717, 1.165) is 0 Å². The third kappa shape index (κ3) is 4.52. The highest BCUT2D eigenvalue weighted by Crippen LogP contribution is 2.36. The van der Waals surface area contributed by atoms with Gasteiger partial charge in [0.15, 0.2) is 5.78 Å². The van der Waals surface area contributed by atoms with Gasteiger partial charge < -0.3 is 4.74 Å². The van der Waals surface area contributed by atoms with Crippen LogP contribution in [-0.4, -0.2) is 19.5 Å². The average molecular weight is 300 g/mol. The molecule has 0 amide bonds. The second kappa shape index (κ2) is 5.82. The molecule has 112 valence electrons. The van der Waals surface area contributed by atoms with Gasteiger partial charge in [-0.05, 0) is 23.8 Å². The van der Waals surface area contributed by atoms with E-state index in [2.05, 4.69) is 4.74 Å². The second-order valence-corrected chi connectivity index (χ2v) is 4.06. The summed E-state index contributed by atoms with van der Waals surface area (Å²) in [5, 5.41) is 0. The van der Waals surface area contributed by atoms with E-state index in [1.165, 1.54) is 7.11 Å². The minimum Gasteiger partial charge on any atom is -0.377 e. The first-order valence-corrected chi connectivity index (χ1v) is 5.33. The number of ketones is 1. The predicted octanol–water partition coefficient (Wildman–Crippen LogP) is 3.48. The van der Waals surface area contributed by atoms with Gasteiger partial charge in [-0.25, -0.2) is 0 Å². The Bertz CT molecular complexity index is 457. The van der Waals surface area contributed by atoms with E-state index in [1.807, 2.05) is 0 Å². The molecule has 1 aromatic rings. The van der Waals surface area contributed by atoms with Crippen LogP contribution in [0.2, 0.25) is 0 Å². The van der Waals surface area contributed by atoms with Gasteiger partial charge >= 0.3 is 12.4 Å². The normalized spacial score (nSPS) is 12.6. The van der Waals surface area contributed by atoms with Crippen LogP contribution in [0.3, 0.4) is 0 Å². The minimum absolute atomic E-state index is 0.0182. The summed E-state index contributed by atoms with van der Waals surface area (Å²) in [6.45, 7) is -0.377. The van der Waals surface area contributed by atoms with Gasteiger partial charge in [0.25, 0.3) is 0 Å². The first-order chi connectivity index (χ1) is 9.04. The Balaban J connectivity index is 3.21. The third-order valence-corrected chi connectivity index (χ3v) is 2.35. The Morgan fingerprint density at radius 3 is 1.80 bits per heavy atom. The van der Waals surface area contributed by atoms with Crippen LogP contribution in [0.4, 0.5) is 26.3 Å². The lowest BCUT2D eigenvalue weighted by Crippen LogP contribution is -2.14. The lowest BCUT2D eigenvalue weighted by Gasteiger charge is -2.14. The smallest absolute Gasteiger partial charge is 0.377 e. The van der Waals surface area contributed by atoms with Crippen molar-refractivity contribution in [1.82, 2.24) is 0 Å². The summed E-state index contributed by atoms with van der Waals surface area (Å²) < 4.78 is 79.7. The SMILES string of the molecule is COCC(=O)Cc1cc(C(F)(F)F)cc(C(F)(F)F)c1. The molecule has 0 radical (unpaired) electrons. The molecule has 0 aromatic heterocycles. The molecule has 0 saturated carbocycles. The number of hydrogen-bond acceptors (Lipinski definition) is 2. The van der Waals surface area contributed by atoms with Crippen molar-refractivity contribution in [2.24, 2.45) is 0 Å². The minimum atomic E-state index is -4.92. The van der Waals surface area contributed by atoms with Gasteiger partial charge in [0, 0.05) is 13.5 Å². The number of halogens is 6. The summed E-state index contributed by atoms with van der Waals surface area (Å²) in [7, 11) is 1.20. The molecule has 8 heteroatoms. The fraction of sp³-hybridized carbons (Fsp3) is 0.417. The zero-order valence-corrected chi connectivity index (χ0v) is 10.2. The largest absolute Gasteiger partial charge is 0.416 e. The van der Waals surface area contributed by atoms with Gasteiger partial charge in [-0.1, -0.05) is 0 Å².